The van der Waals surface area contributed by atoms with Gasteiger partial charge >= 0.3 is 6.03 Å². The molecule has 0 spiro atoms. The van der Waals surface area contributed by atoms with Gasteiger partial charge in [0.15, 0.2) is 0 Å². The van der Waals surface area contributed by atoms with Crippen LogP contribution in [0, 0.1) is 0 Å². The summed E-state index contributed by atoms with van der Waals surface area (Å²) in [7, 11) is 0. The van der Waals surface area contributed by atoms with Crippen LogP contribution in [0.15, 0.2) is 43.0 Å². The van der Waals surface area contributed by atoms with E-state index in [1.54, 1.807) is 43.0 Å². The first kappa shape index (κ1) is 16.3. The lowest BCUT2D eigenvalue weighted by Gasteiger charge is -2.23. The van der Waals surface area contributed by atoms with E-state index in [-0.39, 0.29) is 12.1 Å². The van der Waals surface area contributed by atoms with Crippen molar-refractivity contribution in [2.75, 3.05) is 18.4 Å². The van der Waals surface area contributed by atoms with Crippen LogP contribution in [0.4, 0.5) is 14.9 Å². The first-order chi connectivity index (χ1) is 11.7. The molecule has 2 amide bonds. The maximum absolute atomic E-state index is 13.8. The van der Waals surface area contributed by atoms with E-state index in [0.29, 0.717) is 37.6 Å². The van der Waals surface area contributed by atoms with E-state index in [1.165, 1.54) is 0 Å². The average molecular weight is 330 g/mol. The number of carbonyl (C=O) groups excluding carboxylic acids is 1. The van der Waals surface area contributed by atoms with Crippen molar-refractivity contribution in [2.24, 2.45) is 0 Å². The van der Waals surface area contributed by atoms with E-state index >= 15 is 0 Å². The number of anilines is 1. The summed E-state index contributed by atoms with van der Waals surface area (Å²) in [6.07, 6.45) is 6.01. The maximum Gasteiger partial charge on any atom is 0.319 e. The fraction of sp³-hybridized carbons (Fsp3) is 0.375. The molecular weight excluding hydrogens is 311 g/mol. The van der Waals surface area contributed by atoms with Crippen molar-refractivity contribution in [3.05, 3.63) is 48.8 Å². The molecule has 0 aromatic carbocycles. The zero-order chi connectivity index (χ0) is 16.8. The molecule has 1 aliphatic heterocycles. The fourth-order valence-electron chi connectivity index (χ4n) is 2.74. The number of aromatic nitrogens is 3. The number of pyridine rings is 1. The Kier molecular flexibility index (Phi) is 5.27. The summed E-state index contributed by atoms with van der Waals surface area (Å²) in [5, 5.41) is 5.47. The molecule has 2 N–H and O–H groups in total. The van der Waals surface area contributed by atoms with E-state index in [4.69, 9.17) is 0 Å². The highest BCUT2D eigenvalue weighted by Gasteiger charge is 2.32. The monoisotopic (exact) mass is 330 g/mol. The number of urea groups is 1. The van der Waals surface area contributed by atoms with Gasteiger partial charge in [0.25, 0.3) is 0 Å². The second-order valence-corrected chi connectivity index (χ2v) is 5.66. The van der Waals surface area contributed by atoms with Gasteiger partial charge in [0.2, 0.25) is 0 Å². The van der Waals surface area contributed by atoms with Crippen molar-refractivity contribution in [1.29, 1.82) is 0 Å². The van der Waals surface area contributed by atoms with Crippen molar-refractivity contribution < 1.29 is 9.18 Å². The molecule has 2 aromatic heterocycles. The first-order valence-electron chi connectivity index (χ1n) is 7.79. The number of rotatable bonds is 5. The molecule has 2 atom stereocenters. The summed E-state index contributed by atoms with van der Waals surface area (Å²) < 4.78 is 13.8. The van der Waals surface area contributed by atoms with Crippen molar-refractivity contribution in [2.45, 2.75) is 25.2 Å². The molecule has 7 nitrogen and oxygen atoms in total. The first-order valence-corrected chi connectivity index (χ1v) is 7.79. The maximum atomic E-state index is 13.8. The Balaban J connectivity index is 1.52. The third kappa shape index (κ3) is 4.45. The van der Waals surface area contributed by atoms with Crippen LogP contribution < -0.4 is 10.6 Å². The second kappa shape index (κ2) is 7.78. The summed E-state index contributed by atoms with van der Waals surface area (Å²) in [5.74, 6) is 0.649. The Hall–Kier alpha value is -2.61. The van der Waals surface area contributed by atoms with E-state index in [2.05, 4.69) is 25.6 Å². The van der Waals surface area contributed by atoms with Crippen molar-refractivity contribution in [1.82, 2.24) is 25.2 Å². The summed E-state index contributed by atoms with van der Waals surface area (Å²) >= 11 is 0. The van der Waals surface area contributed by atoms with Crippen LogP contribution >= 0.6 is 0 Å². The van der Waals surface area contributed by atoms with Gasteiger partial charge in [-0.3, -0.25) is 9.88 Å². The predicted octanol–water partition coefficient (Wildman–Crippen LogP) is 1.61. The number of nitrogens with zero attached hydrogens (tertiary/aromatic N) is 4. The van der Waals surface area contributed by atoms with Gasteiger partial charge in [-0.25, -0.2) is 19.2 Å². The Morgan fingerprint density at radius 1 is 1.29 bits per heavy atom. The van der Waals surface area contributed by atoms with E-state index < -0.39 is 6.17 Å². The molecule has 0 radical (unpaired) electrons. The average Bonchev–Trinajstić information content (AvgIpc) is 2.94. The normalized spacial score (nSPS) is 20.7. The summed E-state index contributed by atoms with van der Waals surface area (Å²) in [5.41, 5.74) is 0.610. The Bertz CT molecular complexity index is 656. The van der Waals surface area contributed by atoms with Crippen molar-refractivity contribution in [3.8, 4) is 0 Å². The van der Waals surface area contributed by atoms with Crippen LogP contribution in [0.1, 0.15) is 12.2 Å². The minimum atomic E-state index is -0.901. The molecule has 8 heteroatoms. The SMILES string of the molecule is O=C(NC[C@@H]1C[C@H](F)CN1Cc1ncccn1)Nc1cccnc1. The van der Waals surface area contributed by atoms with E-state index in [0.717, 1.165) is 0 Å². The highest BCUT2D eigenvalue weighted by Crippen LogP contribution is 2.21. The number of hydrogen-bond acceptors (Lipinski definition) is 5. The van der Waals surface area contributed by atoms with Gasteiger partial charge in [0.1, 0.15) is 12.0 Å². The number of alkyl halides is 1. The van der Waals surface area contributed by atoms with Crippen LogP contribution in [-0.4, -0.2) is 51.2 Å². The number of carbonyl (C=O) groups is 1. The highest BCUT2D eigenvalue weighted by atomic mass is 19.1. The molecule has 2 aromatic rings. The molecule has 126 valence electrons. The number of nitrogens with one attached hydrogen (secondary N) is 2. The Labute approximate surface area is 139 Å². The molecule has 1 saturated heterocycles. The molecule has 3 heterocycles. The molecule has 1 aliphatic rings. The molecule has 0 aliphatic carbocycles. The standard InChI is InChI=1S/C16H19FN6O/c17-12-7-14(23(10-12)11-15-19-5-2-6-20-15)9-21-16(24)22-13-3-1-4-18-8-13/h1-6,8,12,14H,7,9-11H2,(H2,21,22,24)/t12-,14-/m0/s1. The molecule has 3 rings (SSSR count). The second-order valence-electron chi connectivity index (χ2n) is 5.66. The minimum Gasteiger partial charge on any atom is -0.336 e. The molecule has 24 heavy (non-hydrogen) atoms. The number of amides is 2. The Morgan fingerprint density at radius 3 is 2.88 bits per heavy atom. The van der Waals surface area contributed by atoms with Gasteiger partial charge < -0.3 is 10.6 Å². The van der Waals surface area contributed by atoms with Gasteiger partial charge in [-0.05, 0) is 24.6 Å². The van der Waals surface area contributed by atoms with Crippen molar-refractivity contribution in [3.63, 3.8) is 0 Å². The van der Waals surface area contributed by atoms with E-state index in [9.17, 15) is 9.18 Å². The minimum absolute atomic E-state index is 0.0801. The molecule has 0 saturated carbocycles. The van der Waals surface area contributed by atoms with Crippen LogP contribution in [-0.2, 0) is 6.54 Å². The summed E-state index contributed by atoms with van der Waals surface area (Å²) in [6.45, 7) is 1.16. The van der Waals surface area contributed by atoms with Gasteiger partial charge in [0.05, 0.1) is 18.4 Å². The van der Waals surface area contributed by atoms with Gasteiger partial charge in [-0.1, -0.05) is 0 Å². The lowest BCUT2D eigenvalue weighted by molar-refractivity contribution is 0.220. The van der Waals surface area contributed by atoms with Gasteiger partial charge in [0, 0.05) is 37.7 Å². The van der Waals surface area contributed by atoms with Crippen LogP contribution in [0.25, 0.3) is 0 Å². The summed E-state index contributed by atoms with van der Waals surface area (Å²) in [6, 6.07) is 4.82. The zero-order valence-electron chi connectivity index (χ0n) is 13.1. The van der Waals surface area contributed by atoms with Gasteiger partial charge in [-0.2, -0.15) is 0 Å². The molecule has 0 bridgehead atoms. The molecule has 0 unspecified atom stereocenters. The molecular formula is C16H19FN6O. The fourth-order valence-corrected chi connectivity index (χ4v) is 2.74. The Morgan fingerprint density at radius 2 is 2.12 bits per heavy atom. The summed E-state index contributed by atoms with van der Waals surface area (Å²) in [4.78, 5) is 26.2. The predicted molar refractivity (Wildman–Crippen MR) is 87.0 cm³/mol. The van der Waals surface area contributed by atoms with Crippen LogP contribution in [0.5, 0.6) is 0 Å². The number of likely N-dealkylation sites (tertiary alicyclic amines) is 1. The number of hydrogen-bond donors (Lipinski definition) is 2. The lowest BCUT2D eigenvalue weighted by atomic mass is 10.2. The van der Waals surface area contributed by atoms with Crippen LogP contribution in [0.3, 0.4) is 0 Å². The quantitative estimate of drug-likeness (QED) is 0.870. The largest absolute Gasteiger partial charge is 0.336 e. The highest BCUT2D eigenvalue weighted by molar-refractivity contribution is 5.88. The topological polar surface area (TPSA) is 83.0 Å². The lowest BCUT2D eigenvalue weighted by Crippen LogP contribution is -2.41. The zero-order valence-corrected chi connectivity index (χ0v) is 13.1. The number of halogens is 1. The van der Waals surface area contributed by atoms with Gasteiger partial charge in [-0.15, -0.1) is 0 Å². The molecule has 1 fully saturated rings. The third-order valence-electron chi connectivity index (χ3n) is 3.86. The third-order valence-corrected chi connectivity index (χ3v) is 3.86. The van der Waals surface area contributed by atoms with E-state index in [1.807, 2.05) is 4.90 Å². The van der Waals surface area contributed by atoms with Crippen LogP contribution in [0.2, 0.25) is 0 Å². The smallest absolute Gasteiger partial charge is 0.319 e. The van der Waals surface area contributed by atoms with Crippen molar-refractivity contribution >= 4 is 11.7 Å².